The van der Waals surface area contributed by atoms with Crippen LogP contribution in [0.3, 0.4) is 0 Å². The quantitative estimate of drug-likeness (QED) is 0.474. The Hall–Kier alpha value is -1.43. The van der Waals surface area contributed by atoms with Crippen LogP contribution in [0.4, 0.5) is 5.69 Å². The van der Waals surface area contributed by atoms with E-state index in [4.69, 9.17) is 0 Å². The van der Waals surface area contributed by atoms with Crippen LogP contribution in [0.2, 0.25) is 0 Å². The van der Waals surface area contributed by atoms with Crippen LogP contribution in [-0.4, -0.2) is 33.6 Å². The summed E-state index contributed by atoms with van der Waals surface area (Å²) in [4.78, 5) is 24.5. The molecule has 0 atom stereocenters. The number of non-ortho nitro benzene ring substituents is 1. The van der Waals surface area contributed by atoms with Gasteiger partial charge in [-0.1, -0.05) is 22.0 Å². The molecule has 0 aliphatic heterocycles. The third-order valence-corrected chi connectivity index (χ3v) is 3.23. The summed E-state index contributed by atoms with van der Waals surface area (Å²) < 4.78 is 0. The van der Waals surface area contributed by atoms with Gasteiger partial charge in [-0.15, -0.1) is 0 Å². The van der Waals surface area contributed by atoms with Gasteiger partial charge in [-0.2, -0.15) is 0 Å². The van der Waals surface area contributed by atoms with Gasteiger partial charge in [0.25, 0.3) is 11.6 Å². The van der Waals surface area contributed by atoms with Gasteiger partial charge in [-0.25, -0.2) is 0 Å². The maximum atomic E-state index is 12.5. The fourth-order valence-electron chi connectivity index (χ4n) is 1.79. The lowest BCUT2D eigenvalue weighted by Gasteiger charge is -2.26. The van der Waals surface area contributed by atoms with E-state index in [-0.39, 0.29) is 17.6 Å². The third kappa shape index (κ3) is 3.76. The number of carbonyl (C=O) groups excluding carboxylic acids is 1. The van der Waals surface area contributed by atoms with Crippen LogP contribution in [0.5, 0.6) is 0 Å². The molecule has 1 aromatic carbocycles. The number of halogens is 1. The van der Waals surface area contributed by atoms with Gasteiger partial charge in [-0.3, -0.25) is 14.9 Å². The predicted molar refractivity (Wildman–Crippen MR) is 77.8 cm³/mol. The van der Waals surface area contributed by atoms with E-state index in [1.165, 1.54) is 12.1 Å². The number of nitrogens with zero attached hydrogens (tertiary/aromatic N) is 2. The molecular weight excluding hydrogens is 312 g/mol. The molecule has 6 heteroatoms. The Labute approximate surface area is 120 Å². The van der Waals surface area contributed by atoms with E-state index in [0.29, 0.717) is 17.4 Å². The first kappa shape index (κ1) is 15.6. The van der Waals surface area contributed by atoms with Crippen molar-refractivity contribution in [3.63, 3.8) is 0 Å². The maximum Gasteiger partial charge on any atom is 0.270 e. The number of hydrogen-bond donors (Lipinski definition) is 0. The number of nitro groups is 1. The number of amides is 1. The molecule has 19 heavy (non-hydrogen) atoms. The molecule has 5 nitrogen and oxygen atoms in total. The zero-order valence-corrected chi connectivity index (χ0v) is 12.8. The molecule has 0 N–H and O–H groups in total. The average Bonchev–Trinajstić information content (AvgIpc) is 2.35. The molecule has 0 aromatic heterocycles. The van der Waals surface area contributed by atoms with Gasteiger partial charge in [0.15, 0.2) is 0 Å². The summed E-state index contributed by atoms with van der Waals surface area (Å²) in [6.07, 6.45) is 0. The number of hydrogen-bond acceptors (Lipinski definition) is 3. The molecule has 0 saturated heterocycles. The summed E-state index contributed by atoms with van der Waals surface area (Å²) in [5.74, 6) is -0.171. The lowest BCUT2D eigenvalue weighted by molar-refractivity contribution is -0.384. The van der Waals surface area contributed by atoms with Crippen LogP contribution in [0, 0.1) is 17.0 Å². The number of rotatable bonds is 5. The highest BCUT2D eigenvalue weighted by Crippen LogP contribution is 2.20. The van der Waals surface area contributed by atoms with Crippen LogP contribution >= 0.6 is 15.9 Å². The Morgan fingerprint density at radius 3 is 2.58 bits per heavy atom. The second kappa shape index (κ2) is 6.65. The van der Waals surface area contributed by atoms with Crippen LogP contribution < -0.4 is 0 Å². The normalized spacial score (nSPS) is 10.6. The van der Waals surface area contributed by atoms with Gasteiger partial charge < -0.3 is 4.90 Å². The van der Waals surface area contributed by atoms with Gasteiger partial charge >= 0.3 is 0 Å². The molecule has 0 spiro atoms. The molecule has 0 aliphatic carbocycles. The van der Waals surface area contributed by atoms with Crippen molar-refractivity contribution in [2.75, 3.05) is 11.9 Å². The average molecular weight is 329 g/mol. The van der Waals surface area contributed by atoms with Crippen molar-refractivity contribution >= 4 is 27.5 Å². The maximum absolute atomic E-state index is 12.5. The topological polar surface area (TPSA) is 63.5 Å². The number of alkyl halides is 1. The van der Waals surface area contributed by atoms with Crippen molar-refractivity contribution in [2.24, 2.45) is 0 Å². The van der Waals surface area contributed by atoms with E-state index < -0.39 is 4.92 Å². The highest BCUT2D eigenvalue weighted by atomic mass is 79.9. The van der Waals surface area contributed by atoms with Gasteiger partial charge in [-0.05, 0) is 26.3 Å². The molecule has 1 rings (SSSR count). The van der Waals surface area contributed by atoms with Gasteiger partial charge in [0.05, 0.1) is 4.92 Å². The highest BCUT2D eigenvalue weighted by Gasteiger charge is 2.21. The van der Waals surface area contributed by atoms with Gasteiger partial charge in [0.1, 0.15) is 0 Å². The summed E-state index contributed by atoms with van der Waals surface area (Å²) in [5.41, 5.74) is 1.08. The summed E-state index contributed by atoms with van der Waals surface area (Å²) in [7, 11) is 0. The van der Waals surface area contributed by atoms with Crippen LogP contribution in [0.25, 0.3) is 0 Å². The lowest BCUT2D eigenvalue weighted by Crippen LogP contribution is -2.38. The number of aryl methyl sites for hydroxylation is 1. The molecule has 0 fully saturated rings. The van der Waals surface area contributed by atoms with E-state index in [2.05, 4.69) is 15.9 Å². The standard InChI is InChI=1S/C13H17BrN2O3/c1-9(2)15(7-6-14)13(17)12-8-11(16(18)19)5-4-10(12)3/h4-5,8-9H,6-7H2,1-3H3. The Morgan fingerprint density at radius 2 is 2.11 bits per heavy atom. The monoisotopic (exact) mass is 328 g/mol. The molecule has 0 aliphatic rings. The SMILES string of the molecule is Cc1ccc([N+](=O)[O-])cc1C(=O)N(CCBr)C(C)C. The minimum Gasteiger partial charge on any atom is -0.335 e. The third-order valence-electron chi connectivity index (χ3n) is 2.87. The molecule has 104 valence electrons. The Balaban J connectivity index is 3.16. The summed E-state index contributed by atoms with van der Waals surface area (Å²) in [6.45, 7) is 6.20. The summed E-state index contributed by atoms with van der Waals surface area (Å²) >= 11 is 3.31. The molecule has 1 amide bonds. The minimum atomic E-state index is -0.486. The first-order chi connectivity index (χ1) is 8.88. The fraction of sp³-hybridized carbons (Fsp3) is 0.462. The van der Waals surface area contributed by atoms with E-state index in [1.54, 1.807) is 17.9 Å². The predicted octanol–water partition coefficient (Wildman–Crippen LogP) is 3.15. The first-order valence-corrected chi connectivity index (χ1v) is 7.12. The molecule has 1 aromatic rings. The van der Waals surface area contributed by atoms with Crippen LogP contribution in [-0.2, 0) is 0 Å². The highest BCUT2D eigenvalue weighted by molar-refractivity contribution is 9.09. The Kier molecular flexibility index (Phi) is 5.47. The van der Waals surface area contributed by atoms with Crippen molar-refractivity contribution in [1.29, 1.82) is 0 Å². The zero-order chi connectivity index (χ0) is 14.6. The first-order valence-electron chi connectivity index (χ1n) is 6.00. The Morgan fingerprint density at radius 1 is 1.47 bits per heavy atom. The lowest BCUT2D eigenvalue weighted by atomic mass is 10.1. The summed E-state index contributed by atoms with van der Waals surface area (Å²) in [5, 5.41) is 11.5. The molecule has 0 unspecified atom stereocenters. The van der Waals surface area contributed by atoms with E-state index in [0.717, 1.165) is 5.56 Å². The zero-order valence-electron chi connectivity index (χ0n) is 11.2. The van der Waals surface area contributed by atoms with Crippen molar-refractivity contribution in [1.82, 2.24) is 4.90 Å². The molecule has 0 radical (unpaired) electrons. The Bertz CT molecular complexity index is 489. The number of carbonyl (C=O) groups is 1. The largest absolute Gasteiger partial charge is 0.335 e. The van der Waals surface area contributed by atoms with E-state index in [1.807, 2.05) is 13.8 Å². The van der Waals surface area contributed by atoms with Crippen LogP contribution in [0.1, 0.15) is 29.8 Å². The second-order valence-electron chi connectivity index (χ2n) is 4.54. The van der Waals surface area contributed by atoms with Crippen LogP contribution in [0.15, 0.2) is 18.2 Å². The second-order valence-corrected chi connectivity index (χ2v) is 5.33. The van der Waals surface area contributed by atoms with E-state index in [9.17, 15) is 14.9 Å². The number of benzene rings is 1. The summed E-state index contributed by atoms with van der Waals surface area (Å²) in [6, 6.07) is 4.42. The van der Waals surface area contributed by atoms with Crippen molar-refractivity contribution < 1.29 is 9.72 Å². The minimum absolute atomic E-state index is 0.0451. The molecule has 0 saturated carbocycles. The molecular formula is C13H17BrN2O3. The fourth-order valence-corrected chi connectivity index (χ4v) is 2.18. The molecule has 0 bridgehead atoms. The van der Waals surface area contributed by atoms with Crippen molar-refractivity contribution in [3.8, 4) is 0 Å². The number of nitro benzene ring substituents is 1. The van der Waals surface area contributed by atoms with Gasteiger partial charge in [0.2, 0.25) is 0 Å². The van der Waals surface area contributed by atoms with Crippen molar-refractivity contribution in [2.45, 2.75) is 26.8 Å². The smallest absolute Gasteiger partial charge is 0.270 e. The van der Waals surface area contributed by atoms with Crippen molar-refractivity contribution in [3.05, 3.63) is 39.4 Å². The van der Waals surface area contributed by atoms with Gasteiger partial charge in [0, 0.05) is 35.6 Å². The molecule has 0 heterocycles. The van der Waals surface area contributed by atoms with E-state index >= 15 is 0 Å².